The van der Waals surface area contributed by atoms with Crippen LogP contribution in [0.1, 0.15) is 33.2 Å². The van der Waals surface area contributed by atoms with Gasteiger partial charge in [0.1, 0.15) is 13.2 Å². The van der Waals surface area contributed by atoms with E-state index in [-0.39, 0.29) is 24.7 Å². The number of aryl methyl sites for hydroxylation is 1. The zero-order valence-corrected chi connectivity index (χ0v) is 13.2. The maximum atomic E-state index is 12.2. The average Bonchev–Trinajstić information content (AvgIpc) is 2.99. The minimum absolute atomic E-state index is 0.0835. The van der Waals surface area contributed by atoms with Crippen molar-refractivity contribution in [3.63, 3.8) is 0 Å². The van der Waals surface area contributed by atoms with Crippen LogP contribution < -0.4 is 0 Å². The zero-order valence-electron chi connectivity index (χ0n) is 13.2. The first-order valence-electron chi connectivity index (χ1n) is 7.53. The number of aromatic carboxylic acids is 1. The summed E-state index contributed by atoms with van der Waals surface area (Å²) >= 11 is 0. The molecule has 3 rings (SSSR count). The first kappa shape index (κ1) is 16.1. The molecule has 0 saturated carbocycles. The molecule has 1 aromatic heterocycles. The summed E-state index contributed by atoms with van der Waals surface area (Å²) in [7, 11) is 0. The molecule has 0 fully saturated rings. The fourth-order valence-electron chi connectivity index (χ4n) is 2.62. The second-order valence-electron chi connectivity index (χ2n) is 5.58. The van der Waals surface area contributed by atoms with Crippen LogP contribution in [0.5, 0.6) is 0 Å². The highest BCUT2D eigenvalue weighted by atomic mass is 16.5. The monoisotopic (exact) mass is 331 g/mol. The summed E-state index contributed by atoms with van der Waals surface area (Å²) in [5, 5.41) is 12.7. The first-order valence-corrected chi connectivity index (χ1v) is 7.53. The van der Waals surface area contributed by atoms with Crippen molar-refractivity contribution in [3.05, 3.63) is 46.6 Å². The number of amides is 1. The highest BCUT2D eigenvalue weighted by Crippen LogP contribution is 2.20. The maximum Gasteiger partial charge on any atom is 0.335 e. The Balaban J connectivity index is 1.56. The number of carboxylic acid groups (broad SMARTS) is 1. The Kier molecular flexibility index (Phi) is 4.57. The van der Waals surface area contributed by atoms with Crippen molar-refractivity contribution >= 4 is 11.9 Å². The average molecular weight is 331 g/mol. The molecule has 8 heteroatoms. The molecule has 0 radical (unpaired) electrons. The van der Waals surface area contributed by atoms with E-state index < -0.39 is 5.97 Å². The van der Waals surface area contributed by atoms with Crippen molar-refractivity contribution in [1.82, 2.24) is 15.0 Å². The predicted molar refractivity (Wildman–Crippen MR) is 81.2 cm³/mol. The van der Waals surface area contributed by atoms with Crippen molar-refractivity contribution in [1.29, 1.82) is 0 Å². The number of carbonyl (C=O) groups excluding carboxylic acids is 1. The van der Waals surface area contributed by atoms with E-state index in [1.165, 1.54) is 0 Å². The SMILES string of the molecule is Cc1noc(COCC(=O)N2CCc3ccc(C(=O)O)cc3C2)n1. The Hall–Kier alpha value is -2.74. The Bertz CT molecular complexity index is 771. The van der Waals surface area contributed by atoms with Crippen LogP contribution in [-0.4, -0.2) is 45.2 Å². The van der Waals surface area contributed by atoms with Crippen LogP contribution in [0.3, 0.4) is 0 Å². The molecule has 2 aromatic rings. The Morgan fingerprint density at radius 1 is 1.38 bits per heavy atom. The second kappa shape index (κ2) is 6.79. The molecule has 1 aliphatic heterocycles. The molecule has 0 saturated heterocycles. The van der Waals surface area contributed by atoms with E-state index in [1.807, 2.05) is 6.07 Å². The summed E-state index contributed by atoms with van der Waals surface area (Å²) < 4.78 is 10.2. The molecule has 0 spiro atoms. The van der Waals surface area contributed by atoms with Crippen LogP contribution in [0.25, 0.3) is 0 Å². The van der Waals surface area contributed by atoms with E-state index in [0.29, 0.717) is 31.2 Å². The summed E-state index contributed by atoms with van der Waals surface area (Å²) in [6, 6.07) is 5.03. The molecule has 0 unspecified atom stereocenters. The van der Waals surface area contributed by atoms with E-state index in [9.17, 15) is 9.59 Å². The maximum absolute atomic E-state index is 12.2. The molecule has 126 valence electrons. The molecule has 1 aliphatic rings. The lowest BCUT2D eigenvalue weighted by molar-refractivity contribution is -0.137. The third kappa shape index (κ3) is 3.60. The number of hydrogen-bond donors (Lipinski definition) is 1. The number of aromatic nitrogens is 2. The number of ether oxygens (including phenoxy) is 1. The van der Waals surface area contributed by atoms with Crippen LogP contribution in [0.4, 0.5) is 0 Å². The molecule has 1 aromatic carbocycles. The lowest BCUT2D eigenvalue weighted by Gasteiger charge is -2.29. The van der Waals surface area contributed by atoms with Gasteiger partial charge in [0.05, 0.1) is 5.56 Å². The molecular formula is C16H17N3O5. The van der Waals surface area contributed by atoms with Crippen LogP contribution in [0.15, 0.2) is 22.7 Å². The number of carbonyl (C=O) groups is 2. The number of benzene rings is 1. The molecular weight excluding hydrogens is 314 g/mol. The number of fused-ring (bicyclic) bond motifs is 1. The predicted octanol–water partition coefficient (Wildman–Crippen LogP) is 1.18. The zero-order chi connectivity index (χ0) is 17.1. The quantitative estimate of drug-likeness (QED) is 0.876. The third-order valence-corrected chi connectivity index (χ3v) is 3.84. The summed E-state index contributed by atoms with van der Waals surface area (Å²) in [6.07, 6.45) is 0.698. The second-order valence-corrected chi connectivity index (χ2v) is 5.58. The summed E-state index contributed by atoms with van der Waals surface area (Å²) in [5.41, 5.74) is 2.17. The Labute approximate surface area is 138 Å². The molecule has 8 nitrogen and oxygen atoms in total. The van der Waals surface area contributed by atoms with Gasteiger partial charge in [0.15, 0.2) is 5.82 Å². The van der Waals surface area contributed by atoms with Crippen molar-refractivity contribution in [2.45, 2.75) is 26.5 Å². The molecule has 24 heavy (non-hydrogen) atoms. The lowest BCUT2D eigenvalue weighted by Crippen LogP contribution is -2.38. The minimum atomic E-state index is -0.973. The highest BCUT2D eigenvalue weighted by molar-refractivity contribution is 5.88. The fourth-order valence-corrected chi connectivity index (χ4v) is 2.62. The number of hydrogen-bond acceptors (Lipinski definition) is 6. The van der Waals surface area contributed by atoms with Crippen molar-refractivity contribution in [3.8, 4) is 0 Å². The Morgan fingerprint density at radius 2 is 2.21 bits per heavy atom. The van der Waals surface area contributed by atoms with E-state index in [2.05, 4.69) is 10.1 Å². The number of carboxylic acids is 1. The van der Waals surface area contributed by atoms with Crippen molar-refractivity contribution in [2.75, 3.05) is 13.2 Å². The standard InChI is InChI=1S/C16H17N3O5/c1-10-17-14(24-18-10)8-23-9-15(20)19-5-4-11-2-3-12(16(21)22)6-13(11)7-19/h2-3,6H,4-5,7-9H2,1H3,(H,21,22). The van der Waals surface area contributed by atoms with Crippen molar-refractivity contribution in [2.24, 2.45) is 0 Å². The van der Waals surface area contributed by atoms with Gasteiger partial charge in [-0.15, -0.1) is 0 Å². The highest BCUT2D eigenvalue weighted by Gasteiger charge is 2.22. The van der Waals surface area contributed by atoms with Crippen molar-refractivity contribution < 1.29 is 24.0 Å². The molecule has 0 bridgehead atoms. The fraction of sp³-hybridized carbons (Fsp3) is 0.375. The van der Waals surface area contributed by atoms with E-state index in [0.717, 1.165) is 11.1 Å². The van der Waals surface area contributed by atoms with Gasteiger partial charge in [-0.3, -0.25) is 4.79 Å². The topological polar surface area (TPSA) is 106 Å². The van der Waals surface area contributed by atoms with Gasteiger partial charge in [-0.1, -0.05) is 11.2 Å². The third-order valence-electron chi connectivity index (χ3n) is 3.84. The van der Waals surface area contributed by atoms with Gasteiger partial charge in [-0.05, 0) is 36.6 Å². The number of nitrogens with zero attached hydrogens (tertiary/aromatic N) is 3. The van der Waals surface area contributed by atoms with Gasteiger partial charge >= 0.3 is 5.97 Å². The van der Waals surface area contributed by atoms with Crippen LogP contribution in [-0.2, 0) is 29.1 Å². The molecule has 1 amide bonds. The summed E-state index contributed by atoms with van der Waals surface area (Å²) in [4.78, 5) is 29.0. The van der Waals surface area contributed by atoms with Crippen LogP contribution in [0, 0.1) is 6.92 Å². The van der Waals surface area contributed by atoms with Gasteiger partial charge < -0.3 is 19.3 Å². The first-order chi connectivity index (χ1) is 11.5. The van der Waals surface area contributed by atoms with E-state index >= 15 is 0 Å². The Morgan fingerprint density at radius 3 is 2.92 bits per heavy atom. The normalized spacial score (nSPS) is 13.6. The van der Waals surface area contributed by atoms with E-state index in [4.69, 9.17) is 14.4 Å². The largest absolute Gasteiger partial charge is 0.478 e. The lowest BCUT2D eigenvalue weighted by atomic mass is 9.97. The molecule has 0 atom stereocenters. The van der Waals surface area contributed by atoms with Crippen LogP contribution >= 0.6 is 0 Å². The van der Waals surface area contributed by atoms with Gasteiger partial charge in [0.2, 0.25) is 5.91 Å². The number of rotatable bonds is 5. The van der Waals surface area contributed by atoms with Crippen LogP contribution in [0.2, 0.25) is 0 Å². The van der Waals surface area contributed by atoms with Gasteiger partial charge in [-0.25, -0.2) is 4.79 Å². The summed E-state index contributed by atoms with van der Waals surface area (Å²) in [6.45, 7) is 2.67. The smallest absolute Gasteiger partial charge is 0.335 e. The van der Waals surface area contributed by atoms with Gasteiger partial charge in [-0.2, -0.15) is 4.98 Å². The molecule has 2 heterocycles. The molecule has 0 aliphatic carbocycles. The minimum Gasteiger partial charge on any atom is -0.478 e. The van der Waals surface area contributed by atoms with Gasteiger partial charge in [0, 0.05) is 13.1 Å². The molecule has 1 N–H and O–H groups in total. The van der Waals surface area contributed by atoms with E-state index in [1.54, 1.807) is 24.0 Å². The van der Waals surface area contributed by atoms with Gasteiger partial charge in [0.25, 0.3) is 5.89 Å². The summed E-state index contributed by atoms with van der Waals surface area (Å²) in [5.74, 6) is -0.283.